The van der Waals surface area contributed by atoms with E-state index in [-0.39, 0.29) is 29.8 Å². The molecule has 10 nitrogen and oxygen atoms in total. The maximum Gasteiger partial charge on any atom is 0.262 e. The van der Waals surface area contributed by atoms with Crippen LogP contribution in [0.25, 0.3) is 31.9 Å². The second-order valence-corrected chi connectivity index (χ2v) is 15.5. The third-order valence-electron chi connectivity index (χ3n) is 10.2. The lowest BCUT2D eigenvalue weighted by molar-refractivity contribution is -0.142. The predicted molar refractivity (Wildman–Crippen MR) is 195 cm³/mol. The molecular weight excluding hydrogens is 669 g/mol. The number of fused-ring (bicyclic) bond motifs is 1. The molecular formula is C38H38N6O4S2. The van der Waals surface area contributed by atoms with Gasteiger partial charge in [0.2, 0.25) is 5.91 Å². The van der Waals surface area contributed by atoms with E-state index in [0.717, 1.165) is 52.8 Å². The van der Waals surface area contributed by atoms with Gasteiger partial charge in [0.25, 0.3) is 5.56 Å². The fourth-order valence-corrected chi connectivity index (χ4v) is 9.28. The van der Waals surface area contributed by atoms with Crippen LogP contribution in [0.1, 0.15) is 41.3 Å². The van der Waals surface area contributed by atoms with Crippen molar-refractivity contribution in [2.75, 3.05) is 26.2 Å². The minimum Gasteiger partial charge on any atom is -0.472 e. The number of benzene rings is 1. The zero-order valence-corrected chi connectivity index (χ0v) is 29.4. The number of thiophene rings is 1. The molecule has 2 atom stereocenters. The molecule has 0 bridgehead atoms. The van der Waals surface area contributed by atoms with Crippen LogP contribution in [0.2, 0.25) is 0 Å². The maximum atomic E-state index is 14.2. The molecule has 0 saturated carbocycles. The van der Waals surface area contributed by atoms with Crippen LogP contribution in [0, 0.1) is 12.8 Å². The van der Waals surface area contributed by atoms with E-state index in [1.165, 1.54) is 32.7 Å². The Balaban J connectivity index is 0.929. The van der Waals surface area contributed by atoms with Crippen LogP contribution in [0.5, 0.6) is 0 Å². The summed E-state index contributed by atoms with van der Waals surface area (Å²) in [5, 5.41) is 14.9. The summed E-state index contributed by atoms with van der Waals surface area (Å²) >= 11 is 3.15. The molecule has 6 aromatic rings. The third-order valence-corrected chi connectivity index (χ3v) is 12.2. The largest absolute Gasteiger partial charge is 0.472 e. The van der Waals surface area contributed by atoms with Gasteiger partial charge in [0.1, 0.15) is 5.01 Å². The molecule has 0 unspecified atom stereocenters. The Labute approximate surface area is 297 Å². The Kier molecular flexibility index (Phi) is 8.94. The van der Waals surface area contributed by atoms with Crippen molar-refractivity contribution in [3.63, 3.8) is 0 Å². The lowest BCUT2D eigenvalue weighted by Crippen LogP contribution is -2.53. The lowest BCUT2D eigenvalue weighted by atomic mass is 9.79. The number of amides is 1. The van der Waals surface area contributed by atoms with Crippen LogP contribution in [0.15, 0.2) is 94.4 Å². The fraction of sp³-hybridized carbons (Fsp3) is 0.342. The molecule has 256 valence electrons. The van der Waals surface area contributed by atoms with Crippen LogP contribution >= 0.6 is 22.7 Å². The number of hydrogen-bond donors (Lipinski definition) is 1. The van der Waals surface area contributed by atoms with Gasteiger partial charge >= 0.3 is 0 Å². The second kappa shape index (κ2) is 13.7. The summed E-state index contributed by atoms with van der Waals surface area (Å²) in [4.78, 5) is 47.8. The molecule has 2 aliphatic heterocycles. The zero-order chi connectivity index (χ0) is 34.2. The second-order valence-electron chi connectivity index (χ2n) is 13.5. The van der Waals surface area contributed by atoms with Gasteiger partial charge in [0.05, 0.1) is 46.8 Å². The van der Waals surface area contributed by atoms with Crippen molar-refractivity contribution >= 4 is 39.5 Å². The number of rotatable bonds is 8. The molecule has 2 saturated heterocycles. The average molecular weight is 707 g/mol. The number of aromatic nitrogens is 4. The number of hydrogen-bond acceptors (Lipinski definition) is 10. The van der Waals surface area contributed by atoms with Gasteiger partial charge in [-0.25, -0.2) is 9.97 Å². The Morgan fingerprint density at radius 1 is 1.02 bits per heavy atom. The van der Waals surface area contributed by atoms with E-state index in [1.54, 1.807) is 23.9 Å². The van der Waals surface area contributed by atoms with Crippen molar-refractivity contribution in [2.24, 2.45) is 5.92 Å². The number of aryl methyl sites for hydroxylation is 1. The standard InChI is InChI=1S/C38H38N6O4S2/c1-25-7-8-27(17-39-25)35-40-18-29(50-35)19-42-13-9-30(31(20-42)26-5-3-2-4-6-26)36(45)43-14-11-38(47,12-15-43)23-44-24-41-33-32(37(44)46)22-49-34(33)28-10-16-48-21-28/h2-8,10,16-18,21-22,24,30-31,47H,9,11-15,19-20,23H2,1H3/t30-,31+/m1/s1. The van der Waals surface area contributed by atoms with Crippen molar-refractivity contribution in [3.05, 3.63) is 112 Å². The highest BCUT2D eigenvalue weighted by Gasteiger charge is 2.41. The van der Waals surface area contributed by atoms with Crippen molar-refractivity contribution in [1.29, 1.82) is 0 Å². The Bertz CT molecular complexity index is 2150. The van der Waals surface area contributed by atoms with E-state index in [4.69, 9.17) is 4.42 Å². The summed E-state index contributed by atoms with van der Waals surface area (Å²) in [5.74, 6) is 0.0615. The smallest absolute Gasteiger partial charge is 0.262 e. The van der Waals surface area contributed by atoms with E-state index in [2.05, 4.69) is 38.1 Å². The van der Waals surface area contributed by atoms with Gasteiger partial charge in [0, 0.05) is 77.5 Å². The number of pyridine rings is 1. The zero-order valence-electron chi connectivity index (χ0n) is 27.8. The molecule has 1 N–H and O–H groups in total. The van der Waals surface area contributed by atoms with E-state index in [9.17, 15) is 14.7 Å². The first kappa shape index (κ1) is 32.7. The molecule has 50 heavy (non-hydrogen) atoms. The number of thiazole rings is 1. The van der Waals surface area contributed by atoms with E-state index >= 15 is 0 Å². The quantitative estimate of drug-likeness (QED) is 0.199. The summed E-state index contributed by atoms with van der Waals surface area (Å²) in [5.41, 5.74) is 3.43. The lowest BCUT2D eigenvalue weighted by Gasteiger charge is -2.43. The first-order valence-electron chi connectivity index (χ1n) is 17.0. The van der Waals surface area contributed by atoms with Gasteiger partial charge in [-0.05, 0) is 56.5 Å². The Morgan fingerprint density at radius 3 is 2.62 bits per heavy atom. The van der Waals surface area contributed by atoms with Gasteiger partial charge in [0.15, 0.2) is 0 Å². The van der Waals surface area contributed by atoms with Gasteiger partial charge in [-0.2, -0.15) is 0 Å². The topological polar surface area (TPSA) is 118 Å². The van der Waals surface area contributed by atoms with Gasteiger partial charge in [-0.1, -0.05) is 30.3 Å². The first-order chi connectivity index (χ1) is 24.3. The van der Waals surface area contributed by atoms with Crippen LogP contribution in [0.4, 0.5) is 0 Å². The number of nitrogens with zero attached hydrogens (tertiary/aromatic N) is 6. The number of aliphatic hydroxyl groups is 1. The minimum absolute atomic E-state index is 0.0564. The van der Waals surface area contributed by atoms with Crippen molar-refractivity contribution in [3.8, 4) is 21.0 Å². The molecule has 5 aromatic heterocycles. The van der Waals surface area contributed by atoms with Crippen molar-refractivity contribution < 1.29 is 14.3 Å². The molecule has 12 heteroatoms. The van der Waals surface area contributed by atoms with Gasteiger partial charge in [-0.15, -0.1) is 22.7 Å². The summed E-state index contributed by atoms with van der Waals surface area (Å²) < 4.78 is 6.73. The highest BCUT2D eigenvalue weighted by Crippen LogP contribution is 2.37. The van der Waals surface area contributed by atoms with Crippen LogP contribution in [-0.2, 0) is 17.9 Å². The normalized spacial score (nSPS) is 19.6. The third kappa shape index (κ3) is 6.56. The predicted octanol–water partition coefficient (Wildman–Crippen LogP) is 6.20. The van der Waals surface area contributed by atoms with Crippen LogP contribution in [0.3, 0.4) is 0 Å². The van der Waals surface area contributed by atoms with Crippen molar-refractivity contribution in [1.82, 2.24) is 29.3 Å². The SMILES string of the molecule is Cc1ccc(-c2ncc(CN3CC[C@@H](C(=O)N4CCC(O)(Cn5cnc6c(-c7ccoc7)scc6c5=O)CC4)[C@H](c4ccccc4)C3)s2)cn1. The Hall–Kier alpha value is -4.49. The summed E-state index contributed by atoms with van der Waals surface area (Å²) in [6.07, 6.45) is 10.2. The molecule has 1 amide bonds. The Morgan fingerprint density at radius 2 is 1.86 bits per heavy atom. The van der Waals surface area contributed by atoms with Crippen molar-refractivity contribution in [2.45, 2.75) is 50.8 Å². The summed E-state index contributed by atoms with van der Waals surface area (Å²) in [6.45, 7) is 5.39. The highest BCUT2D eigenvalue weighted by molar-refractivity contribution is 7.15. The van der Waals surface area contributed by atoms with Gasteiger partial charge in [-0.3, -0.25) is 24.0 Å². The van der Waals surface area contributed by atoms with E-state index in [0.29, 0.717) is 36.8 Å². The molecule has 2 aliphatic rings. The molecule has 7 heterocycles. The fourth-order valence-electron chi connectivity index (χ4n) is 7.36. The number of carbonyl (C=O) groups is 1. The monoisotopic (exact) mass is 706 g/mol. The molecule has 8 rings (SSSR count). The highest BCUT2D eigenvalue weighted by atomic mass is 32.1. The molecule has 2 fully saturated rings. The van der Waals surface area contributed by atoms with Crippen LogP contribution in [-0.4, -0.2) is 72.1 Å². The van der Waals surface area contributed by atoms with E-state index in [1.807, 2.05) is 59.9 Å². The number of carbonyl (C=O) groups excluding carboxylic acids is 1. The van der Waals surface area contributed by atoms with E-state index < -0.39 is 5.60 Å². The average Bonchev–Trinajstić information content (AvgIpc) is 3.92. The first-order valence-corrected chi connectivity index (χ1v) is 18.7. The molecule has 0 radical (unpaired) electrons. The molecule has 0 spiro atoms. The number of piperidine rings is 2. The van der Waals surface area contributed by atoms with Crippen LogP contribution < -0.4 is 5.56 Å². The summed E-state index contributed by atoms with van der Waals surface area (Å²) in [6, 6.07) is 16.3. The van der Waals surface area contributed by atoms with Gasteiger partial charge < -0.3 is 14.4 Å². The number of furan rings is 1. The maximum absolute atomic E-state index is 14.2. The molecule has 1 aromatic carbocycles. The summed E-state index contributed by atoms with van der Waals surface area (Å²) in [7, 11) is 0. The minimum atomic E-state index is -1.11. The number of likely N-dealkylation sites (tertiary alicyclic amines) is 2. The molecule has 0 aliphatic carbocycles.